The Labute approximate surface area is 105 Å². The fraction of sp³-hybridized carbons (Fsp3) is 0.308. The molecule has 0 bridgehead atoms. The smallest absolute Gasteiger partial charge is 0.208 e. The number of H-pyrrole nitrogens is 1. The predicted molar refractivity (Wildman–Crippen MR) is 73.1 cm³/mol. The molecule has 17 heavy (non-hydrogen) atoms. The average Bonchev–Trinajstić information content (AvgIpc) is 2.36. The monoisotopic (exact) mass is 250 g/mol. The third-order valence-electron chi connectivity index (χ3n) is 2.95. The normalized spacial score (nSPS) is 10.8. The highest BCUT2D eigenvalue weighted by Crippen LogP contribution is 2.19. The molecule has 0 unspecified atom stereocenters. The van der Waals surface area contributed by atoms with Crippen LogP contribution in [-0.2, 0) is 0 Å². The Balaban J connectivity index is 2.64. The number of fused-ring (bicyclic) bond motifs is 1. The molecule has 2 aromatic rings. The summed E-state index contributed by atoms with van der Waals surface area (Å²) in [6.07, 6.45) is 1.53. The van der Waals surface area contributed by atoms with Gasteiger partial charge in [-0.1, -0.05) is 11.6 Å². The van der Waals surface area contributed by atoms with Crippen molar-refractivity contribution in [1.82, 2.24) is 4.98 Å². The van der Waals surface area contributed by atoms with E-state index < -0.39 is 0 Å². The second-order valence-electron chi connectivity index (χ2n) is 3.87. The summed E-state index contributed by atoms with van der Waals surface area (Å²) >= 11 is 5.83. The second-order valence-corrected chi connectivity index (χ2v) is 4.28. The van der Waals surface area contributed by atoms with Gasteiger partial charge < -0.3 is 9.88 Å². The number of hydrogen-bond donors (Lipinski definition) is 1. The Hall–Kier alpha value is -1.48. The van der Waals surface area contributed by atoms with Gasteiger partial charge in [0.05, 0.1) is 0 Å². The maximum absolute atomic E-state index is 11.9. The maximum Gasteiger partial charge on any atom is 0.208 e. The summed E-state index contributed by atoms with van der Waals surface area (Å²) in [5, 5.41) is 0.871. The number of pyridine rings is 1. The van der Waals surface area contributed by atoms with Crippen LogP contribution in [0.1, 0.15) is 13.8 Å². The largest absolute Gasteiger partial charge is 0.372 e. The maximum atomic E-state index is 11.9. The van der Waals surface area contributed by atoms with Crippen molar-refractivity contribution in [3.8, 4) is 0 Å². The first-order valence-electron chi connectivity index (χ1n) is 5.73. The first-order chi connectivity index (χ1) is 8.17. The topological polar surface area (TPSA) is 36.1 Å². The van der Waals surface area contributed by atoms with Crippen molar-refractivity contribution < 1.29 is 0 Å². The minimum atomic E-state index is -0.116. The average molecular weight is 251 g/mol. The van der Waals surface area contributed by atoms with E-state index in [1.165, 1.54) is 6.20 Å². The van der Waals surface area contributed by atoms with E-state index in [-0.39, 0.29) is 10.5 Å². The van der Waals surface area contributed by atoms with Crippen molar-refractivity contribution >= 4 is 28.2 Å². The van der Waals surface area contributed by atoms with Gasteiger partial charge in [0.25, 0.3) is 0 Å². The molecule has 1 heterocycles. The van der Waals surface area contributed by atoms with Crippen LogP contribution in [0.5, 0.6) is 0 Å². The summed E-state index contributed by atoms with van der Waals surface area (Å²) in [5.74, 6) is 0. The first-order valence-corrected chi connectivity index (χ1v) is 6.11. The van der Waals surface area contributed by atoms with E-state index in [0.29, 0.717) is 5.39 Å². The minimum Gasteiger partial charge on any atom is -0.372 e. The zero-order valence-corrected chi connectivity index (χ0v) is 10.7. The lowest BCUT2D eigenvalue weighted by molar-refractivity contribution is 0.867. The van der Waals surface area contributed by atoms with Crippen molar-refractivity contribution in [3.63, 3.8) is 0 Å². The molecule has 1 aromatic carbocycles. The lowest BCUT2D eigenvalue weighted by Crippen LogP contribution is -2.21. The molecule has 0 aliphatic rings. The molecule has 1 aromatic heterocycles. The number of aromatic nitrogens is 1. The number of hydrogen-bond acceptors (Lipinski definition) is 2. The summed E-state index contributed by atoms with van der Waals surface area (Å²) in [6, 6.07) is 5.83. The van der Waals surface area contributed by atoms with Gasteiger partial charge in [0.15, 0.2) is 0 Å². The molecule has 0 fully saturated rings. The quantitative estimate of drug-likeness (QED) is 0.909. The Morgan fingerprint density at radius 2 is 2.00 bits per heavy atom. The van der Waals surface area contributed by atoms with Crippen LogP contribution in [-0.4, -0.2) is 18.1 Å². The highest BCUT2D eigenvalue weighted by molar-refractivity contribution is 6.31. The van der Waals surface area contributed by atoms with E-state index in [4.69, 9.17) is 11.6 Å². The number of nitrogens with zero attached hydrogens (tertiary/aromatic N) is 1. The molecule has 0 spiro atoms. The number of nitrogens with one attached hydrogen (secondary N) is 1. The van der Waals surface area contributed by atoms with Crippen LogP contribution in [0.25, 0.3) is 10.9 Å². The van der Waals surface area contributed by atoms with Crippen molar-refractivity contribution in [1.29, 1.82) is 0 Å². The number of anilines is 1. The van der Waals surface area contributed by atoms with Gasteiger partial charge in [-0.05, 0) is 32.0 Å². The molecule has 0 amide bonds. The van der Waals surface area contributed by atoms with Gasteiger partial charge in [0.1, 0.15) is 5.02 Å². The van der Waals surface area contributed by atoms with E-state index in [1.807, 2.05) is 18.2 Å². The van der Waals surface area contributed by atoms with Gasteiger partial charge in [-0.25, -0.2) is 0 Å². The van der Waals surface area contributed by atoms with Gasteiger partial charge >= 0.3 is 0 Å². The molecular weight excluding hydrogens is 236 g/mol. The minimum absolute atomic E-state index is 0.116. The van der Waals surface area contributed by atoms with Gasteiger partial charge in [0, 0.05) is 35.9 Å². The molecular formula is C13H15ClN2O. The van der Waals surface area contributed by atoms with Crippen LogP contribution in [0.4, 0.5) is 5.69 Å². The fourth-order valence-corrected chi connectivity index (χ4v) is 2.12. The second kappa shape index (κ2) is 4.80. The molecule has 4 heteroatoms. The van der Waals surface area contributed by atoms with Crippen LogP contribution in [0.15, 0.2) is 29.2 Å². The molecule has 0 saturated carbocycles. The van der Waals surface area contributed by atoms with E-state index in [9.17, 15) is 4.79 Å². The molecule has 90 valence electrons. The molecule has 0 atom stereocenters. The number of halogens is 1. The van der Waals surface area contributed by atoms with Crippen molar-refractivity contribution in [3.05, 3.63) is 39.6 Å². The molecule has 1 N–H and O–H groups in total. The Kier molecular flexibility index (Phi) is 3.38. The van der Waals surface area contributed by atoms with Crippen LogP contribution in [0.3, 0.4) is 0 Å². The highest BCUT2D eigenvalue weighted by atomic mass is 35.5. The van der Waals surface area contributed by atoms with Gasteiger partial charge in [-0.2, -0.15) is 0 Å². The number of benzene rings is 1. The summed E-state index contributed by atoms with van der Waals surface area (Å²) in [5.41, 5.74) is 1.75. The van der Waals surface area contributed by atoms with Crippen LogP contribution in [0, 0.1) is 0 Å². The van der Waals surface area contributed by atoms with Crippen LogP contribution < -0.4 is 10.3 Å². The fourth-order valence-electron chi connectivity index (χ4n) is 1.97. The van der Waals surface area contributed by atoms with E-state index >= 15 is 0 Å². The lowest BCUT2D eigenvalue weighted by Gasteiger charge is -2.21. The summed E-state index contributed by atoms with van der Waals surface area (Å²) < 4.78 is 0. The van der Waals surface area contributed by atoms with E-state index in [1.54, 1.807) is 0 Å². The van der Waals surface area contributed by atoms with E-state index in [2.05, 4.69) is 23.7 Å². The lowest BCUT2D eigenvalue weighted by atomic mass is 10.2. The van der Waals surface area contributed by atoms with Crippen LogP contribution >= 0.6 is 11.6 Å². The molecule has 0 radical (unpaired) electrons. The van der Waals surface area contributed by atoms with Gasteiger partial charge in [0.2, 0.25) is 5.43 Å². The molecule has 0 aliphatic heterocycles. The Bertz CT molecular complexity index is 587. The standard InChI is InChI=1S/C13H15ClN2O/c1-3-16(4-2)9-5-6-12-10(7-9)13(17)11(14)8-15-12/h5-8H,3-4H2,1-2H3,(H,15,17). The molecule has 3 nitrogen and oxygen atoms in total. The summed E-state index contributed by atoms with van der Waals surface area (Å²) in [4.78, 5) is 17.1. The zero-order valence-electron chi connectivity index (χ0n) is 9.96. The van der Waals surface area contributed by atoms with Crippen LogP contribution in [0.2, 0.25) is 5.02 Å². The van der Waals surface area contributed by atoms with Crippen molar-refractivity contribution in [2.75, 3.05) is 18.0 Å². The predicted octanol–water partition coefficient (Wildman–Crippen LogP) is 3.03. The third-order valence-corrected chi connectivity index (χ3v) is 3.23. The van der Waals surface area contributed by atoms with Crippen molar-refractivity contribution in [2.24, 2.45) is 0 Å². The van der Waals surface area contributed by atoms with E-state index in [0.717, 1.165) is 24.3 Å². The zero-order chi connectivity index (χ0) is 12.4. The molecule has 0 saturated heterocycles. The molecule has 0 aliphatic carbocycles. The number of rotatable bonds is 3. The first kappa shape index (κ1) is 12.0. The van der Waals surface area contributed by atoms with Gasteiger partial charge in [-0.3, -0.25) is 4.79 Å². The van der Waals surface area contributed by atoms with Crippen molar-refractivity contribution in [2.45, 2.75) is 13.8 Å². The Morgan fingerprint density at radius 3 is 2.65 bits per heavy atom. The SMILES string of the molecule is CCN(CC)c1ccc2[nH]cc(Cl)c(=O)c2c1. The Morgan fingerprint density at radius 1 is 1.29 bits per heavy atom. The number of aromatic amines is 1. The van der Waals surface area contributed by atoms with Gasteiger partial charge in [-0.15, -0.1) is 0 Å². The summed E-state index contributed by atoms with van der Waals surface area (Å²) in [7, 11) is 0. The highest BCUT2D eigenvalue weighted by Gasteiger charge is 2.07. The molecule has 2 rings (SSSR count). The summed E-state index contributed by atoms with van der Waals surface area (Å²) in [6.45, 7) is 6.02. The third kappa shape index (κ3) is 2.15.